The van der Waals surface area contributed by atoms with Crippen LogP contribution in [0.2, 0.25) is 0 Å². The first-order valence-electron chi connectivity index (χ1n) is 18.0. The Bertz CT molecular complexity index is 714. The van der Waals surface area contributed by atoms with Gasteiger partial charge in [0.25, 0.3) is 0 Å². The van der Waals surface area contributed by atoms with E-state index in [-0.39, 0.29) is 0 Å². The van der Waals surface area contributed by atoms with Gasteiger partial charge in [0, 0.05) is 0 Å². The van der Waals surface area contributed by atoms with Crippen molar-refractivity contribution in [3.8, 4) is 11.1 Å². The van der Waals surface area contributed by atoms with Crippen LogP contribution >= 0.6 is 0 Å². The zero-order valence-electron chi connectivity index (χ0n) is 27.0. The molecule has 0 aliphatic carbocycles. The Morgan fingerprint density at radius 3 is 0.750 bits per heavy atom. The van der Waals surface area contributed by atoms with E-state index >= 15 is 0 Å². The summed E-state index contributed by atoms with van der Waals surface area (Å²) in [5.41, 5.74) is 5.71. The smallest absolute Gasteiger partial charge is 0.0184 e. The number of aryl methyl sites for hydroxylation is 2. The fraction of sp³-hybridized carbons (Fsp3) is 0.700. The predicted octanol–water partition coefficient (Wildman–Crippen LogP) is 13.8. The van der Waals surface area contributed by atoms with Crippen LogP contribution in [0.5, 0.6) is 0 Å². The molecule has 0 aromatic heterocycles. The van der Waals surface area contributed by atoms with Gasteiger partial charge in [-0.05, 0) is 47.9 Å². The third-order valence-corrected chi connectivity index (χ3v) is 8.88. The van der Waals surface area contributed by atoms with Gasteiger partial charge in [-0.1, -0.05) is 204 Å². The van der Waals surface area contributed by atoms with Crippen LogP contribution in [-0.2, 0) is 12.8 Å². The lowest BCUT2D eigenvalue weighted by molar-refractivity contribution is 0.544. The average molecular weight is 547 g/mol. The lowest BCUT2D eigenvalue weighted by atomic mass is 9.98. The van der Waals surface area contributed by atoms with E-state index in [9.17, 15) is 0 Å². The third-order valence-electron chi connectivity index (χ3n) is 8.88. The lowest BCUT2D eigenvalue weighted by Gasteiger charge is -2.07. The van der Waals surface area contributed by atoms with Crippen LogP contribution in [0.15, 0.2) is 48.5 Å². The lowest BCUT2D eigenvalue weighted by Crippen LogP contribution is -1.89. The molecule has 40 heavy (non-hydrogen) atoms. The highest BCUT2D eigenvalue weighted by Crippen LogP contribution is 2.22. The molecule has 2 aromatic rings. The molecule has 0 atom stereocenters. The summed E-state index contributed by atoms with van der Waals surface area (Å²) >= 11 is 0. The predicted molar refractivity (Wildman–Crippen MR) is 181 cm³/mol. The van der Waals surface area contributed by atoms with Gasteiger partial charge in [0.15, 0.2) is 0 Å². The Kier molecular flexibility index (Phi) is 21.8. The fourth-order valence-electron chi connectivity index (χ4n) is 6.07. The second-order valence-corrected chi connectivity index (χ2v) is 12.7. The maximum Gasteiger partial charge on any atom is -0.0184 e. The summed E-state index contributed by atoms with van der Waals surface area (Å²) < 4.78 is 0. The zero-order chi connectivity index (χ0) is 28.4. The highest BCUT2D eigenvalue weighted by Gasteiger charge is 2.01. The Hall–Kier alpha value is -1.56. The van der Waals surface area contributed by atoms with E-state index in [0.29, 0.717) is 0 Å². The molecule has 0 heteroatoms. The molecule has 0 bridgehead atoms. The van der Waals surface area contributed by atoms with Crippen LogP contribution in [0.25, 0.3) is 11.1 Å². The van der Waals surface area contributed by atoms with E-state index in [1.54, 1.807) is 0 Å². The molecule has 0 saturated heterocycles. The van der Waals surface area contributed by atoms with Crippen molar-refractivity contribution in [3.63, 3.8) is 0 Å². The molecule has 0 unspecified atom stereocenters. The van der Waals surface area contributed by atoms with Crippen molar-refractivity contribution in [2.45, 2.75) is 181 Å². The minimum atomic E-state index is 1.23. The van der Waals surface area contributed by atoms with Crippen LogP contribution < -0.4 is 0 Å². The molecule has 0 nitrogen and oxygen atoms in total. The van der Waals surface area contributed by atoms with Crippen molar-refractivity contribution >= 4 is 0 Å². The van der Waals surface area contributed by atoms with E-state index in [1.165, 1.54) is 189 Å². The standard InChI is InChI=1S/C40H66/c1-3-5-7-9-11-13-15-17-19-21-23-25-27-37-29-33-39(34-30-37)40-35-31-38(32-36-40)28-26-24-22-20-18-16-14-12-10-8-6-4-2/h29-36H,3-28H2,1-2H3. The molecule has 0 aliphatic rings. The molecule has 226 valence electrons. The van der Waals surface area contributed by atoms with Crippen LogP contribution in [0.4, 0.5) is 0 Å². The molecule has 0 N–H and O–H groups in total. The first-order valence-corrected chi connectivity index (χ1v) is 18.0. The van der Waals surface area contributed by atoms with Gasteiger partial charge in [-0.2, -0.15) is 0 Å². The monoisotopic (exact) mass is 547 g/mol. The van der Waals surface area contributed by atoms with Gasteiger partial charge in [0.05, 0.1) is 0 Å². The highest BCUT2D eigenvalue weighted by molar-refractivity contribution is 5.64. The van der Waals surface area contributed by atoms with Crippen molar-refractivity contribution < 1.29 is 0 Å². The topological polar surface area (TPSA) is 0 Å². The van der Waals surface area contributed by atoms with Gasteiger partial charge in [-0.3, -0.25) is 0 Å². The summed E-state index contributed by atoms with van der Waals surface area (Å²) in [6.07, 6.45) is 36.6. The molecule has 0 radical (unpaired) electrons. The highest BCUT2D eigenvalue weighted by atomic mass is 14.1. The summed E-state index contributed by atoms with van der Waals surface area (Å²) in [6, 6.07) is 18.7. The molecule has 0 spiro atoms. The summed E-state index contributed by atoms with van der Waals surface area (Å²) in [5, 5.41) is 0. The van der Waals surface area contributed by atoms with Crippen molar-refractivity contribution in [3.05, 3.63) is 59.7 Å². The minimum absolute atomic E-state index is 1.23. The zero-order valence-corrected chi connectivity index (χ0v) is 27.0. The van der Waals surface area contributed by atoms with Gasteiger partial charge >= 0.3 is 0 Å². The maximum absolute atomic E-state index is 2.36. The van der Waals surface area contributed by atoms with Crippen molar-refractivity contribution in [2.24, 2.45) is 0 Å². The molecule has 2 aromatic carbocycles. The van der Waals surface area contributed by atoms with Crippen molar-refractivity contribution in [1.82, 2.24) is 0 Å². The number of hydrogen-bond acceptors (Lipinski definition) is 0. The average Bonchev–Trinajstić information content (AvgIpc) is 2.99. The van der Waals surface area contributed by atoms with Gasteiger partial charge in [0.2, 0.25) is 0 Å². The molecular weight excluding hydrogens is 480 g/mol. The summed E-state index contributed by atoms with van der Waals surface area (Å²) in [7, 11) is 0. The van der Waals surface area contributed by atoms with E-state index in [0.717, 1.165) is 0 Å². The first-order chi connectivity index (χ1) is 19.8. The number of unbranched alkanes of at least 4 members (excludes halogenated alkanes) is 22. The molecule has 0 amide bonds. The van der Waals surface area contributed by atoms with E-state index in [1.807, 2.05) is 0 Å². The molecule has 0 aliphatic heterocycles. The van der Waals surface area contributed by atoms with Crippen LogP contribution in [0.3, 0.4) is 0 Å². The van der Waals surface area contributed by atoms with Gasteiger partial charge in [-0.15, -0.1) is 0 Å². The third kappa shape index (κ3) is 18.0. The Labute approximate surface area is 251 Å². The largest absolute Gasteiger partial charge is 0.0654 e. The van der Waals surface area contributed by atoms with Gasteiger partial charge < -0.3 is 0 Å². The molecule has 0 fully saturated rings. The first kappa shape index (κ1) is 34.6. The number of benzene rings is 2. The maximum atomic E-state index is 2.36. The van der Waals surface area contributed by atoms with Crippen LogP contribution in [0, 0.1) is 0 Å². The minimum Gasteiger partial charge on any atom is -0.0654 e. The molecular formula is C40H66. The Morgan fingerprint density at radius 1 is 0.275 bits per heavy atom. The second-order valence-electron chi connectivity index (χ2n) is 12.7. The fourth-order valence-corrected chi connectivity index (χ4v) is 6.07. The van der Waals surface area contributed by atoms with Crippen LogP contribution in [0.1, 0.15) is 179 Å². The molecule has 0 saturated carbocycles. The summed E-state index contributed by atoms with van der Waals surface area (Å²) in [5.74, 6) is 0. The quantitative estimate of drug-likeness (QED) is 0.0977. The Morgan fingerprint density at radius 2 is 0.500 bits per heavy atom. The Balaban J connectivity index is 1.47. The SMILES string of the molecule is CCCCCCCCCCCCCCc1ccc(-c2ccc(CCCCCCCCCCCCCC)cc2)cc1. The molecule has 0 heterocycles. The van der Waals surface area contributed by atoms with E-state index < -0.39 is 0 Å². The summed E-state index contributed by atoms with van der Waals surface area (Å²) in [6.45, 7) is 4.60. The van der Waals surface area contributed by atoms with Crippen LogP contribution in [-0.4, -0.2) is 0 Å². The normalized spacial score (nSPS) is 11.3. The number of rotatable bonds is 27. The van der Waals surface area contributed by atoms with Crippen molar-refractivity contribution in [1.29, 1.82) is 0 Å². The molecule has 2 rings (SSSR count). The summed E-state index contributed by atoms with van der Waals surface area (Å²) in [4.78, 5) is 0. The number of hydrogen-bond donors (Lipinski definition) is 0. The second kappa shape index (κ2) is 25.2. The van der Waals surface area contributed by atoms with E-state index in [2.05, 4.69) is 62.4 Å². The van der Waals surface area contributed by atoms with Crippen molar-refractivity contribution in [2.75, 3.05) is 0 Å². The van der Waals surface area contributed by atoms with Gasteiger partial charge in [-0.25, -0.2) is 0 Å². The van der Waals surface area contributed by atoms with E-state index in [4.69, 9.17) is 0 Å². The van der Waals surface area contributed by atoms with Gasteiger partial charge in [0.1, 0.15) is 0 Å².